The minimum absolute atomic E-state index is 0.172. The van der Waals surface area contributed by atoms with Gasteiger partial charge in [-0.25, -0.2) is 4.39 Å². The number of hydrogen-bond acceptors (Lipinski definition) is 1. The molecule has 1 amide bonds. The third-order valence-electron chi connectivity index (χ3n) is 2.55. The topological polar surface area (TPSA) is 29.1 Å². The van der Waals surface area contributed by atoms with Crippen LogP contribution in [0.2, 0.25) is 0 Å². The van der Waals surface area contributed by atoms with E-state index in [2.05, 4.69) is 37.2 Å². The largest absolute Gasteiger partial charge is 0.319 e. The first-order valence-electron chi connectivity index (χ1n) is 5.50. The third kappa shape index (κ3) is 3.42. The lowest BCUT2D eigenvalue weighted by molar-refractivity contribution is 0.102. The van der Waals surface area contributed by atoms with Gasteiger partial charge in [-0.2, -0.15) is 0 Å². The van der Waals surface area contributed by atoms with Crippen LogP contribution in [-0.4, -0.2) is 5.91 Å². The summed E-state index contributed by atoms with van der Waals surface area (Å²) in [5.41, 5.74) is 1.42. The van der Waals surface area contributed by atoms with Gasteiger partial charge in [0.15, 0.2) is 0 Å². The molecule has 0 radical (unpaired) electrons. The van der Waals surface area contributed by atoms with Gasteiger partial charge in [-0.05, 0) is 58.7 Å². The monoisotopic (exact) mass is 385 g/mol. The molecule has 19 heavy (non-hydrogen) atoms. The van der Waals surface area contributed by atoms with Crippen molar-refractivity contribution in [2.45, 2.75) is 6.92 Å². The van der Waals surface area contributed by atoms with Crippen LogP contribution >= 0.6 is 31.9 Å². The zero-order valence-electron chi connectivity index (χ0n) is 10.0. The first-order chi connectivity index (χ1) is 8.97. The number of anilines is 1. The van der Waals surface area contributed by atoms with E-state index in [0.29, 0.717) is 10.0 Å². The molecule has 0 aliphatic carbocycles. The van der Waals surface area contributed by atoms with Crippen molar-refractivity contribution >= 4 is 43.5 Å². The Kier molecular flexibility index (Phi) is 4.37. The number of hydrogen-bond donors (Lipinski definition) is 1. The summed E-state index contributed by atoms with van der Waals surface area (Å²) in [6.07, 6.45) is 0. The van der Waals surface area contributed by atoms with Crippen LogP contribution in [0, 0.1) is 12.7 Å². The fourth-order valence-corrected chi connectivity index (χ4v) is 2.81. The van der Waals surface area contributed by atoms with Gasteiger partial charge in [0.05, 0.1) is 11.3 Å². The van der Waals surface area contributed by atoms with Gasteiger partial charge >= 0.3 is 0 Å². The molecule has 2 aromatic carbocycles. The SMILES string of the molecule is Cc1ccc(NC(=O)c2ccc(Br)cc2Br)c(F)c1. The molecule has 0 heterocycles. The van der Waals surface area contributed by atoms with Gasteiger partial charge in [0.1, 0.15) is 5.82 Å². The van der Waals surface area contributed by atoms with Crippen molar-refractivity contribution in [1.82, 2.24) is 0 Å². The first-order valence-corrected chi connectivity index (χ1v) is 7.08. The van der Waals surface area contributed by atoms with Crippen molar-refractivity contribution in [3.05, 3.63) is 62.3 Å². The van der Waals surface area contributed by atoms with Crippen LogP contribution in [0.3, 0.4) is 0 Å². The molecular formula is C14H10Br2FNO. The molecule has 1 N–H and O–H groups in total. The van der Waals surface area contributed by atoms with Gasteiger partial charge in [-0.15, -0.1) is 0 Å². The molecule has 2 nitrogen and oxygen atoms in total. The van der Waals surface area contributed by atoms with Gasteiger partial charge in [0.2, 0.25) is 0 Å². The number of carbonyl (C=O) groups is 1. The molecule has 0 saturated heterocycles. The van der Waals surface area contributed by atoms with Crippen molar-refractivity contribution in [3.63, 3.8) is 0 Å². The quantitative estimate of drug-likeness (QED) is 0.780. The maximum absolute atomic E-state index is 13.7. The van der Waals surface area contributed by atoms with E-state index in [1.807, 2.05) is 0 Å². The number of halogens is 3. The molecule has 0 unspecified atom stereocenters. The van der Waals surface area contributed by atoms with Gasteiger partial charge in [0, 0.05) is 8.95 Å². The smallest absolute Gasteiger partial charge is 0.256 e. The number of rotatable bonds is 2. The predicted octanol–water partition coefficient (Wildman–Crippen LogP) is 4.91. The average molecular weight is 387 g/mol. The van der Waals surface area contributed by atoms with E-state index in [4.69, 9.17) is 0 Å². The van der Waals surface area contributed by atoms with E-state index in [9.17, 15) is 9.18 Å². The van der Waals surface area contributed by atoms with Crippen LogP contribution in [0.25, 0.3) is 0 Å². The molecule has 0 aliphatic rings. The Hall–Kier alpha value is -1.20. The van der Waals surface area contributed by atoms with Crippen molar-refractivity contribution in [2.24, 2.45) is 0 Å². The molecular weight excluding hydrogens is 377 g/mol. The molecule has 2 rings (SSSR count). The minimum Gasteiger partial charge on any atom is -0.319 e. The van der Waals surface area contributed by atoms with E-state index >= 15 is 0 Å². The zero-order valence-corrected chi connectivity index (χ0v) is 13.2. The molecule has 0 aliphatic heterocycles. The number of amides is 1. The molecule has 2 aromatic rings. The molecule has 0 fully saturated rings. The maximum atomic E-state index is 13.7. The Bertz CT molecular complexity index is 643. The molecule has 0 saturated carbocycles. The lowest BCUT2D eigenvalue weighted by Gasteiger charge is -2.08. The predicted molar refractivity (Wildman–Crippen MR) is 80.9 cm³/mol. The van der Waals surface area contributed by atoms with Crippen LogP contribution in [0.15, 0.2) is 45.3 Å². The summed E-state index contributed by atoms with van der Waals surface area (Å²) in [5, 5.41) is 2.55. The highest BCUT2D eigenvalue weighted by Gasteiger charge is 2.12. The number of benzene rings is 2. The Morgan fingerprint density at radius 2 is 1.89 bits per heavy atom. The normalized spacial score (nSPS) is 10.3. The Morgan fingerprint density at radius 1 is 1.16 bits per heavy atom. The van der Waals surface area contributed by atoms with Gasteiger partial charge in [-0.3, -0.25) is 4.79 Å². The van der Waals surface area contributed by atoms with Gasteiger partial charge in [-0.1, -0.05) is 22.0 Å². The lowest BCUT2D eigenvalue weighted by atomic mass is 10.2. The molecule has 0 atom stereocenters. The second-order valence-corrected chi connectivity index (χ2v) is 5.83. The highest BCUT2D eigenvalue weighted by molar-refractivity contribution is 9.11. The van der Waals surface area contributed by atoms with Crippen LogP contribution in [0.4, 0.5) is 10.1 Å². The summed E-state index contributed by atoms with van der Waals surface area (Å²) >= 11 is 6.62. The Morgan fingerprint density at radius 3 is 2.53 bits per heavy atom. The highest BCUT2D eigenvalue weighted by atomic mass is 79.9. The van der Waals surface area contributed by atoms with E-state index in [1.54, 1.807) is 37.3 Å². The van der Waals surface area contributed by atoms with Crippen LogP contribution in [0.5, 0.6) is 0 Å². The van der Waals surface area contributed by atoms with E-state index in [-0.39, 0.29) is 11.6 Å². The maximum Gasteiger partial charge on any atom is 0.256 e. The summed E-state index contributed by atoms with van der Waals surface area (Å²) in [5.74, 6) is -0.802. The zero-order chi connectivity index (χ0) is 14.0. The third-order valence-corrected chi connectivity index (χ3v) is 3.70. The summed E-state index contributed by atoms with van der Waals surface area (Å²) in [6.45, 7) is 1.79. The number of aryl methyl sites for hydroxylation is 1. The molecule has 98 valence electrons. The molecule has 0 spiro atoms. The summed E-state index contributed by atoms with van der Waals surface area (Å²) in [4.78, 5) is 12.1. The summed E-state index contributed by atoms with van der Waals surface area (Å²) < 4.78 is 15.2. The average Bonchev–Trinajstić information content (AvgIpc) is 2.32. The fraction of sp³-hybridized carbons (Fsp3) is 0.0714. The number of nitrogens with one attached hydrogen (secondary N) is 1. The lowest BCUT2D eigenvalue weighted by Crippen LogP contribution is -2.13. The van der Waals surface area contributed by atoms with Crippen LogP contribution in [-0.2, 0) is 0 Å². The first kappa shape index (κ1) is 14.2. The van der Waals surface area contributed by atoms with Gasteiger partial charge < -0.3 is 5.32 Å². The van der Waals surface area contributed by atoms with Crippen LogP contribution in [0.1, 0.15) is 15.9 Å². The standard InChI is InChI=1S/C14H10Br2FNO/c1-8-2-5-13(12(17)6-8)18-14(19)10-4-3-9(15)7-11(10)16/h2-7H,1H3,(H,18,19). The Balaban J connectivity index is 2.25. The second kappa shape index (κ2) is 5.84. The van der Waals surface area contributed by atoms with Crippen molar-refractivity contribution in [3.8, 4) is 0 Å². The van der Waals surface area contributed by atoms with Crippen molar-refractivity contribution < 1.29 is 9.18 Å². The second-order valence-electron chi connectivity index (χ2n) is 4.06. The molecule has 0 bridgehead atoms. The van der Waals surface area contributed by atoms with E-state index in [0.717, 1.165) is 10.0 Å². The molecule has 5 heteroatoms. The fourth-order valence-electron chi connectivity index (χ4n) is 1.58. The minimum atomic E-state index is -0.443. The van der Waals surface area contributed by atoms with E-state index in [1.165, 1.54) is 6.07 Å². The summed E-state index contributed by atoms with van der Waals surface area (Å²) in [6, 6.07) is 9.86. The molecule has 0 aromatic heterocycles. The Labute approximate surface area is 127 Å². The van der Waals surface area contributed by atoms with Crippen LogP contribution < -0.4 is 5.32 Å². The van der Waals surface area contributed by atoms with Crippen molar-refractivity contribution in [2.75, 3.05) is 5.32 Å². The van der Waals surface area contributed by atoms with Crippen molar-refractivity contribution in [1.29, 1.82) is 0 Å². The van der Waals surface area contributed by atoms with Gasteiger partial charge in [0.25, 0.3) is 5.91 Å². The van der Waals surface area contributed by atoms with E-state index < -0.39 is 5.82 Å². The number of carbonyl (C=O) groups excluding carboxylic acids is 1. The highest BCUT2D eigenvalue weighted by Crippen LogP contribution is 2.23. The summed E-state index contributed by atoms with van der Waals surface area (Å²) in [7, 11) is 0.